The molecule has 0 spiro atoms. The maximum atomic E-state index is 5.55. The lowest BCUT2D eigenvalue weighted by Gasteiger charge is -2.11. The fraction of sp³-hybridized carbons (Fsp3) is 0.500. The third kappa shape index (κ3) is 3.79. The van der Waals surface area contributed by atoms with Crippen LogP contribution in [0.4, 0.5) is 0 Å². The van der Waals surface area contributed by atoms with Gasteiger partial charge in [-0.3, -0.25) is 5.73 Å². The first-order valence-electron chi connectivity index (χ1n) is 5.09. The molecule has 1 rings (SSSR count). The maximum Gasteiger partial charge on any atom is 0.144 e. The summed E-state index contributed by atoms with van der Waals surface area (Å²) in [6.07, 6.45) is 0.833. The Labute approximate surface area is 86.1 Å². The Morgan fingerprint density at radius 3 is 2.57 bits per heavy atom. The van der Waals surface area contributed by atoms with Crippen LogP contribution in [0.25, 0.3) is 0 Å². The molecule has 0 radical (unpaired) electrons. The van der Waals surface area contributed by atoms with Gasteiger partial charge in [0.1, 0.15) is 12.0 Å². The number of rotatable bonds is 4. The summed E-state index contributed by atoms with van der Waals surface area (Å²) in [5.41, 5.74) is 6.86. The van der Waals surface area contributed by atoms with E-state index < -0.39 is 0 Å². The van der Waals surface area contributed by atoms with E-state index in [0.717, 1.165) is 12.2 Å². The van der Waals surface area contributed by atoms with Crippen LogP contribution in [0.2, 0.25) is 0 Å². The van der Waals surface area contributed by atoms with Crippen molar-refractivity contribution in [2.75, 3.05) is 0 Å². The third-order valence-corrected chi connectivity index (χ3v) is 1.86. The van der Waals surface area contributed by atoms with E-state index >= 15 is 0 Å². The summed E-state index contributed by atoms with van der Waals surface area (Å²) >= 11 is 0. The highest BCUT2D eigenvalue weighted by Gasteiger charge is 2.01. The molecule has 2 nitrogen and oxygen atoms in total. The average Bonchev–Trinajstić information content (AvgIpc) is 2.01. The Balaban J connectivity index is 2.68. The van der Waals surface area contributed by atoms with E-state index in [1.165, 1.54) is 5.56 Å². The van der Waals surface area contributed by atoms with Gasteiger partial charge in [-0.15, -0.1) is 0 Å². The van der Waals surface area contributed by atoms with Crippen LogP contribution in [0.1, 0.15) is 26.3 Å². The maximum absolute atomic E-state index is 5.55. The van der Waals surface area contributed by atoms with Crippen molar-refractivity contribution in [3.8, 4) is 5.75 Å². The largest absolute Gasteiger partial charge is 0.476 e. The first-order chi connectivity index (χ1) is 6.58. The summed E-state index contributed by atoms with van der Waals surface area (Å²) in [6.45, 7) is 6.24. The van der Waals surface area contributed by atoms with Crippen molar-refractivity contribution in [2.45, 2.75) is 33.4 Å². The van der Waals surface area contributed by atoms with Crippen molar-refractivity contribution in [2.24, 2.45) is 11.7 Å². The molecule has 2 N–H and O–H groups in total. The molecule has 0 saturated carbocycles. The van der Waals surface area contributed by atoms with Crippen molar-refractivity contribution >= 4 is 0 Å². The highest BCUT2D eigenvalue weighted by Crippen LogP contribution is 2.16. The molecule has 0 saturated heterocycles. The fourth-order valence-corrected chi connectivity index (χ4v) is 1.43. The molecular formula is C12H19NO. The summed E-state index contributed by atoms with van der Waals surface area (Å²) in [5, 5.41) is 0. The first kappa shape index (κ1) is 11.1. The summed E-state index contributed by atoms with van der Waals surface area (Å²) in [6, 6.07) is 8.13. The van der Waals surface area contributed by atoms with Gasteiger partial charge in [-0.1, -0.05) is 26.0 Å². The smallest absolute Gasteiger partial charge is 0.144 e. The number of hydrogen-bond donors (Lipinski definition) is 1. The molecule has 78 valence electrons. The van der Waals surface area contributed by atoms with E-state index in [1.54, 1.807) is 0 Å². The Morgan fingerprint density at radius 1 is 1.29 bits per heavy atom. The number of ether oxygens (including phenoxy) is 1. The van der Waals surface area contributed by atoms with E-state index in [2.05, 4.69) is 26.0 Å². The van der Waals surface area contributed by atoms with Gasteiger partial charge in [-0.25, -0.2) is 0 Å². The fourth-order valence-electron chi connectivity index (χ4n) is 1.43. The van der Waals surface area contributed by atoms with Gasteiger partial charge >= 0.3 is 0 Å². The second-order valence-corrected chi connectivity index (χ2v) is 4.07. The van der Waals surface area contributed by atoms with Gasteiger partial charge in [0, 0.05) is 0 Å². The predicted molar refractivity (Wildman–Crippen MR) is 59.3 cm³/mol. The molecule has 0 aliphatic carbocycles. The van der Waals surface area contributed by atoms with E-state index in [4.69, 9.17) is 10.5 Å². The van der Waals surface area contributed by atoms with Crippen LogP contribution in [0, 0.1) is 5.92 Å². The Hall–Kier alpha value is -1.02. The molecule has 1 aromatic carbocycles. The zero-order valence-electron chi connectivity index (χ0n) is 9.16. The molecule has 1 unspecified atom stereocenters. The molecule has 1 aromatic rings. The van der Waals surface area contributed by atoms with Gasteiger partial charge in [0.15, 0.2) is 0 Å². The summed E-state index contributed by atoms with van der Waals surface area (Å²) in [4.78, 5) is 0. The number of hydrogen-bond acceptors (Lipinski definition) is 2. The van der Waals surface area contributed by atoms with Crippen molar-refractivity contribution in [1.29, 1.82) is 0 Å². The van der Waals surface area contributed by atoms with E-state index in [0.29, 0.717) is 5.92 Å². The molecule has 0 aliphatic rings. The summed E-state index contributed by atoms with van der Waals surface area (Å²) in [5.74, 6) is 1.53. The van der Waals surface area contributed by atoms with Crippen LogP contribution in [-0.4, -0.2) is 6.23 Å². The second kappa shape index (κ2) is 5.01. The number of nitrogens with two attached hydrogens (primary N) is 1. The van der Waals surface area contributed by atoms with Crippen LogP contribution in [0.15, 0.2) is 24.3 Å². The molecular weight excluding hydrogens is 174 g/mol. The lowest BCUT2D eigenvalue weighted by Crippen LogP contribution is -2.22. The topological polar surface area (TPSA) is 35.2 Å². The van der Waals surface area contributed by atoms with Gasteiger partial charge in [0.25, 0.3) is 0 Å². The van der Waals surface area contributed by atoms with Gasteiger partial charge < -0.3 is 4.74 Å². The number of benzene rings is 1. The van der Waals surface area contributed by atoms with Crippen LogP contribution >= 0.6 is 0 Å². The first-order valence-corrected chi connectivity index (χ1v) is 5.09. The van der Waals surface area contributed by atoms with Crippen molar-refractivity contribution in [1.82, 2.24) is 0 Å². The minimum absolute atomic E-state index is 0.246. The molecule has 0 fully saturated rings. The van der Waals surface area contributed by atoms with Gasteiger partial charge in [0.2, 0.25) is 0 Å². The van der Waals surface area contributed by atoms with Crippen LogP contribution in [-0.2, 0) is 6.42 Å². The summed E-state index contributed by atoms with van der Waals surface area (Å²) in [7, 11) is 0. The van der Waals surface area contributed by atoms with Crippen LogP contribution < -0.4 is 10.5 Å². The molecule has 2 heteroatoms. The van der Waals surface area contributed by atoms with E-state index in [9.17, 15) is 0 Å². The van der Waals surface area contributed by atoms with E-state index in [1.807, 2.05) is 19.1 Å². The molecule has 1 atom stereocenters. The highest BCUT2D eigenvalue weighted by atomic mass is 16.5. The zero-order chi connectivity index (χ0) is 10.6. The SMILES string of the molecule is CC(C)Cc1cccc(OC(C)N)c1. The van der Waals surface area contributed by atoms with Crippen LogP contribution in [0.5, 0.6) is 5.75 Å². The van der Waals surface area contributed by atoms with Crippen LogP contribution in [0.3, 0.4) is 0 Å². The van der Waals surface area contributed by atoms with Crippen molar-refractivity contribution in [3.63, 3.8) is 0 Å². The van der Waals surface area contributed by atoms with Crippen molar-refractivity contribution < 1.29 is 4.74 Å². The minimum atomic E-state index is -0.246. The Morgan fingerprint density at radius 2 is 2.00 bits per heavy atom. The second-order valence-electron chi connectivity index (χ2n) is 4.07. The monoisotopic (exact) mass is 193 g/mol. The minimum Gasteiger partial charge on any atom is -0.476 e. The Kier molecular flexibility index (Phi) is 3.96. The Bertz CT molecular complexity index is 256. The highest BCUT2D eigenvalue weighted by molar-refractivity contribution is 5.28. The van der Waals surface area contributed by atoms with Crippen molar-refractivity contribution in [3.05, 3.63) is 29.8 Å². The van der Waals surface area contributed by atoms with Gasteiger partial charge in [-0.2, -0.15) is 0 Å². The lowest BCUT2D eigenvalue weighted by atomic mass is 10.0. The molecule has 0 aromatic heterocycles. The summed E-state index contributed by atoms with van der Waals surface area (Å²) < 4.78 is 5.41. The average molecular weight is 193 g/mol. The lowest BCUT2D eigenvalue weighted by molar-refractivity contribution is 0.230. The quantitative estimate of drug-likeness (QED) is 0.746. The standard InChI is InChI=1S/C12H19NO/c1-9(2)7-11-5-4-6-12(8-11)14-10(3)13/h4-6,8-10H,7,13H2,1-3H3. The molecule has 14 heavy (non-hydrogen) atoms. The molecule has 0 bridgehead atoms. The van der Waals surface area contributed by atoms with E-state index in [-0.39, 0.29) is 6.23 Å². The predicted octanol–water partition coefficient (Wildman–Crippen LogP) is 2.57. The molecule has 0 aliphatic heterocycles. The van der Waals surface area contributed by atoms with Gasteiger partial charge in [0.05, 0.1) is 0 Å². The molecule has 0 amide bonds. The molecule has 0 heterocycles. The third-order valence-electron chi connectivity index (χ3n) is 1.86. The van der Waals surface area contributed by atoms with Gasteiger partial charge in [-0.05, 0) is 37.0 Å². The normalized spacial score (nSPS) is 12.9. The zero-order valence-corrected chi connectivity index (χ0v) is 9.16.